The lowest BCUT2D eigenvalue weighted by Crippen LogP contribution is -2.43. The number of hydrazine groups is 1. The van der Waals surface area contributed by atoms with E-state index in [-0.39, 0.29) is 5.91 Å². The molecule has 134 valence electrons. The van der Waals surface area contributed by atoms with Crippen LogP contribution >= 0.6 is 0 Å². The zero-order chi connectivity index (χ0) is 17.4. The van der Waals surface area contributed by atoms with Crippen molar-refractivity contribution in [2.75, 3.05) is 39.8 Å². The molecule has 1 aromatic carbocycles. The fourth-order valence-corrected chi connectivity index (χ4v) is 2.99. The molecule has 1 fully saturated rings. The minimum absolute atomic E-state index is 0.0855. The largest absolute Gasteiger partial charge is 0.304 e. The summed E-state index contributed by atoms with van der Waals surface area (Å²) in [4.78, 5) is 17.1. The Hall–Kier alpha value is -1.43. The summed E-state index contributed by atoms with van der Waals surface area (Å²) in [6.45, 7) is 8.20. The van der Waals surface area contributed by atoms with Gasteiger partial charge in [-0.3, -0.25) is 14.7 Å². The molecule has 0 saturated carbocycles. The minimum Gasteiger partial charge on any atom is -0.304 e. The highest BCUT2D eigenvalue weighted by atomic mass is 16.2. The molecule has 1 aliphatic heterocycles. The van der Waals surface area contributed by atoms with Gasteiger partial charge >= 0.3 is 0 Å². The molecular formula is C19H32N4O. The molecule has 5 heteroatoms. The maximum Gasteiger partial charge on any atom is 0.267 e. The predicted molar refractivity (Wildman–Crippen MR) is 98.6 cm³/mol. The lowest BCUT2D eigenvalue weighted by molar-refractivity contribution is 0.0752. The van der Waals surface area contributed by atoms with E-state index < -0.39 is 0 Å². The topological polar surface area (TPSA) is 52.8 Å². The van der Waals surface area contributed by atoms with Crippen molar-refractivity contribution in [3.05, 3.63) is 35.4 Å². The number of carbonyl (C=O) groups excluding carboxylic acids is 1. The molecule has 0 spiro atoms. The van der Waals surface area contributed by atoms with Crippen LogP contribution in [-0.2, 0) is 6.54 Å². The smallest absolute Gasteiger partial charge is 0.267 e. The summed E-state index contributed by atoms with van der Waals surface area (Å²) in [5, 5.41) is 1.35. The van der Waals surface area contributed by atoms with Gasteiger partial charge in [0.1, 0.15) is 0 Å². The maximum atomic E-state index is 12.3. The van der Waals surface area contributed by atoms with Crippen molar-refractivity contribution in [2.24, 2.45) is 5.84 Å². The lowest BCUT2D eigenvalue weighted by atomic mass is 10.1. The molecule has 1 saturated heterocycles. The van der Waals surface area contributed by atoms with E-state index in [1.54, 1.807) is 0 Å². The van der Waals surface area contributed by atoms with Crippen LogP contribution < -0.4 is 5.84 Å². The average molecular weight is 332 g/mol. The Kier molecular flexibility index (Phi) is 7.69. The van der Waals surface area contributed by atoms with Gasteiger partial charge in [-0.25, -0.2) is 5.84 Å². The molecule has 0 atom stereocenters. The second-order valence-corrected chi connectivity index (χ2v) is 6.84. The summed E-state index contributed by atoms with van der Waals surface area (Å²) in [7, 11) is 2.17. The molecule has 1 amide bonds. The fourth-order valence-electron chi connectivity index (χ4n) is 2.99. The van der Waals surface area contributed by atoms with Crippen LogP contribution in [0.15, 0.2) is 24.3 Å². The Morgan fingerprint density at radius 2 is 1.75 bits per heavy atom. The van der Waals surface area contributed by atoms with Crippen LogP contribution in [0.1, 0.15) is 48.5 Å². The summed E-state index contributed by atoms with van der Waals surface area (Å²) in [5.74, 6) is 5.82. The average Bonchev–Trinajstić information content (AvgIpc) is 2.60. The van der Waals surface area contributed by atoms with Crippen LogP contribution in [0.5, 0.6) is 0 Å². The molecule has 5 nitrogen and oxygen atoms in total. The Labute approximate surface area is 146 Å². The summed E-state index contributed by atoms with van der Waals surface area (Å²) in [6, 6.07) is 7.91. The van der Waals surface area contributed by atoms with Crippen LogP contribution in [-0.4, -0.2) is 60.5 Å². The number of unbranched alkanes of at least 4 members (excludes halogenated alkanes) is 3. The van der Waals surface area contributed by atoms with Gasteiger partial charge in [0.25, 0.3) is 5.91 Å². The number of benzene rings is 1. The van der Waals surface area contributed by atoms with Gasteiger partial charge in [-0.2, -0.15) is 0 Å². The molecule has 2 N–H and O–H groups in total. The van der Waals surface area contributed by atoms with Gasteiger partial charge in [0, 0.05) is 44.8 Å². The minimum atomic E-state index is -0.0855. The number of carbonyl (C=O) groups is 1. The first-order chi connectivity index (χ1) is 11.6. The van der Waals surface area contributed by atoms with Crippen molar-refractivity contribution in [3.8, 4) is 0 Å². The second-order valence-electron chi connectivity index (χ2n) is 6.84. The third-order valence-electron chi connectivity index (χ3n) is 4.72. The van der Waals surface area contributed by atoms with E-state index >= 15 is 0 Å². The van der Waals surface area contributed by atoms with E-state index in [1.807, 2.05) is 12.1 Å². The molecule has 2 rings (SSSR count). The molecule has 24 heavy (non-hydrogen) atoms. The summed E-state index contributed by atoms with van der Waals surface area (Å²) >= 11 is 0. The van der Waals surface area contributed by atoms with Gasteiger partial charge in [0.05, 0.1) is 0 Å². The zero-order valence-corrected chi connectivity index (χ0v) is 15.2. The number of piperazine rings is 1. The van der Waals surface area contributed by atoms with E-state index in [0.29, 0.717) is 12.1 Å². The maximum absolute atomic E-state index is 12.3. The molecule has 1 aliphatic rings. The van der Waals surface area contributed by atoms with Crippen LogP contribution in [0.3, 0.4) is 0 Å². The van der Waals surface area contributed by atoms with E-state index in [1.165, 1.54) is 23.4 Å². The van der Waals surface area contributed by atoms with Gasteiger partial charge in [0.2, 0.25) is 0 Å². The van der Waals surface area contributed by atoms with Crippen molar-refractivity contribution in [2.45, 2.75) is 39.2 Å². The van der Waals surface area contributed by atoms with Gasteiger partial charge in [-0.05, 0) is 31.2 Å². The van der Waals surface area contributed by atoms with Gasteiger partial charge < -0.3 is 4.90 Å². The number of nitrogens with two attached hydrogens (primary N) is 1. The number of rotatable bonds is 8. The molecule has 1 heterocycles. The molecule has 0 aromatic heterocycles. The second kappa shape index (κ2) is 9.77. The van der Waals surface area contributed by atoms with Gasteiger partial charge in [0.15, 0.2) is 0 Å². The van der Waals surface area contributed by atoms with Crippen LogP contribution in [0.25, 0.3) is 0 Å². The third-order valence-corrected chi connectivity index (χ3v) is 4.72. The highest BCUT2D eigenvalue weighted by Crippen LogP contribution is 2.11. The zero-order valence-electron chi connectivity index (χ0n) is 15.2. The first kappa shape index (κ1) is 18.9. The molecule has 1 aromatic rings. The first-order valence-electron chi connectivity index (χ1n) is 9.16. The van der Waals surface area contributed by atoms with E-state index in [0.717, 1.165) is 45.6 Å². The number of hydrogen-bond acceptors (Lipinski definition) is 4. The molecule has 0 bridgehead atoms. The standard InChI is InChI=1S/C19H32N4O/c1-3-4-5-6-11-23(20)19(24)18-9-7-17(8-10-18)16-22-14-12-21(2)13-15-22/h7-10H,3-6,11-16,20H2,1-2H3. The number of likely N-dealkylation sites (N-methyl/N-ethyl adjacent to an activating group) is 1. The normalized spacial score (nSPS) is 16.3. The third kappa shape index (κ3) is 5.89. The highest BCUT2D eigenvalue weighted by Gasteiger charge is 2.15. The number of nitrogens with zero attached hydrogens (tertiary/aromatic N) is 3. The van der Waals surface area contributed by atoms with Crippen molar-refractivity contribution >= 4 is 5.91 Å². The number of hydrogen-bond donors (Lipinski definition) is 1. The Morgan fingerprint density at radius 3 is 2.38 bits per heavy atom. The fraction of sp³-hybridized carbons (Fsp3) is 0.632. The van der Waals surface area contributed by atoms with E-state index in [4.69, 9.17) is 5.84 Å². The van der Waals surface area contributed by atoms with E-state index in [9.17, 15) is 4.79 Å². The van der Waals surface area contributed by atoms with Gasteiger partial charge in [-0.15, -0.1) is 0 Å². The molecule has 0 radical (unpaired) electrons. The molecule has 0 aliphatic carbocycles. The van der Waals surface area contributed by atoms with E-state index in [2.05, 4.69) is 35.9 Å². The van der Waals surface area contributed by atoms with Gasteiger partial charge in [-0.1, -0.05) is 38.3 Å². The van der Waals surface area contributed by atoms with Crippen molar-refractivity contribution < 1.29 is 4.79 Å². The molecular weight excluding hydrogens is 300 g/mol. The van der Waals surface area contributed by atoms with Crippen molar-refractivity contribution in [3.63, 3.8) is 0 Å². The predicted octanol–water partition coefficient (Wildman–Crippen LogP) is 2.33. The quantitative estimate of drug-likeness (QED) is 0.344. The SMILES string of the molecule is CCCCCCN(N)C(=O)c1ccc(CN2CCN(C)CC2)cc1. The van der Waals surface area contributed by atoms with Crippen LogP contribution in [0.4, 0.5) is 0 Å². The van der Waals surface area contributed by atoms with Crippen molar-refractivity contribution in [1.82, 2.24) is 14.8 Å². The van der Waals surface area contributed by atoms with Crippen molar-refractivity contribution in [1.29, 1.82) is 0 Å². The Balaban J connectivity index is 1.81. The Morgan fingerprint density at radius 1 is 1.08 bits per heavy atom. The first-order valence-corrected chi connectivity index (χ1v) is 9.16. The Bertz CT molecular complexity index is 495. The van der Waals surface area contributed by atoms with Crippen LogP contribution in [0.2, 0.25) is 0 Å². The summed E-state index contributed by atoms with van der Waals surface area (Å²) in [5.41, 5.74) is 1.93. The lowest BCUT2D eigenvalue weighted by Gasteiger charge is -2.32. The highest BCUT2D eigenvalue weighted by molar-refractivity contribution is 5.93. The monoisotopic (exact) mass is 332 g/mol. The van der Waals surface area contributed by atoms with Crippen LogP contribution in [0, 0.1) is 0 Å². The molecule has 0 unspecified atom stereocenters. The number of amides is 1. The summed E-state index contributed by atoms with van der Waals surface area (Å²) in [6.07, 6.45) is 4.48. The summed E-state index contributed by atoms with van der Waals surface area (Å²) < 4.78 is 0.